The van der Waals surface area contributed by atoms with Crippen LogP contribution in [0.15, 0.2) is 5.16 Å². The van der Waals surface area contributed by atoms with Crippen molar-refractivity contribution in [1.29, 1.82) is 0 Å². The van der Waals surface area contributed by atoms with Crippen molar-refractivity contribution in [3.8, 4) is 0 Å². The number of carbonyl (C=O) groups is 1. The van der Waals surface area contributed by atoms with Crippen LogP contribution in [0.4, 0.5) is 0 Å². The Morgan fingerprint density at radius 2 is 1.50 bits per heavy atom. The molecule has 0 atom stereocenters. The van der Waals surface area contributed by atoms with Crippen molar-refractivity contribution in [3.63, 3.8) is 0 Å². The lowest BCUT2D eigenvalue weighted by Gasteiger charge is -2.07. The number of nitrogens with zero attached hydrogens (tertiary/aromatic N) is 1. The summed E-state index contributed by atoms with van der Waals surface area (Å²) in [5.74, 6) is -0.166. The summed E-state index contributed by atoms with van der Waals surface area (Å²) in [7, 11) is 0. The van der Waals surface area contributed by atoms with Crippen molar-refractivity contribution < 1.29 is 9.63 Å². The third-order valence-corrected chi connectivity index (χ3v) is 3.41. The van der Waals surface area contributed by atoms with E-state index in [9.17, 15) is 4.79 Å². The van der Waals surface area contributed by atoms with Gasteiger partial charge in [0.2, 0.25) is 0 Å². The number of hydrogen-bond acceptors (Lipinski definition) is 3. The molecule has 0 aromatic rings. The van der Waals surface area contributed by atoms with Crippen molar-refractivity contribution in [2.24, 2.45) is 5.16 Å². The van der Waals surface area contributed by atoms with Crippen LogP contribution < -0.4 is 0 Å². The van der Waals surface area contributed by atoms with Gasteiger partial charge in [-0.05, 0) is 25.7 Å². The molecule has 0 bridgehead atoms. The van der Waals surface area contributed by atoms with Crippen LogP contribution in [0.1, 0.15) is 84.0 Å². The van der Waals surface area contributed by atoms with Crippen LogP contribution >= 0.6 is 0 Å². The van der Waals surface area contributed by atoms with E-state index in [1.165, 1.54) is 38.5 Å². The first kappa shape index (κ1) is 15.2. The summed E-state index contributed by atoms with van der Waals surface area (Å²) in [6.07, 6.45) is 13.3. The maximum atomic E-state index is 11.5. The van der Waals surface area contributed by atoms with E-state index < -0.39 is 0 Å². The highest BCUT2D eigenvalue weighted by atomic mass is 16.7. The Hall–Kier alpha value is -0.860. The summed E-state index contributed by atoms with van der Waals surface area (Å²) in [6, 6.07) is 0. The summed E-state index contributed by atoms with van der Waals surface area (Å²) in [4.78, 5) is 16.5. The Balaban J connectivity index is 2.43. The predicted octanol–water partition coefficient (Wildman–Crippen LogP) is 4.60. The van der Waals surface area contributed by atoms with E-state index in [2.05, 4.69) is 12.1 Å². The van der Waals surface area contributed by atoms with Gasteiger partial charge in [-0.15, -0.1) is 0 Å². The van der Waals surface area contributed by atoms with Gasteiger partial charge in [0.05, 0.1) is 5.71 Å². The van der Waals surface area contributed by atoms with E-state index in [0.717, 1.165) is 37.8 Å². The number of hydrogen-bond donors (Lipinski definition) is 0. The van der Waals surface area contributed by atoms with Gasteiger partial charge in [-0.2, -0.15) is 0 Å². The molecule has 0 spiro atoms. The first-order valence-corrected chi connectivity index (χ1v) is 7.58. The highest BCUT2D eigenvalue weighted by Crippen LogP contribution is 2.13. The normalized spacial score (nSPS) is 20.7. The fourth-order valence-corrected chi connectivity index (χ4v) is 2.33. The summed E-state index contributed by atoms with van der Waals surface area (Å²) in [6.45, 7) is 2.13. The van der Waals surface area contributed by atoms with Gasteiger partial charge >= 0.3 is 5.97 Å². The molecule has 1 rings (SSSR count). The Kier molecular flexibility index (Phi) is 8.53. The van der Waals surface area contributed by atoms with Gasteiger partial charge < -0.3 is 4.84 Å². The molecule has 0 aliphatic carbocycles. The van der Waals surface area contributed by atoms with Crippen LogP contribution in [0.2, 0.25) is 0 Å². The molecule has 0 aromatic carbocycles. The molecule has 0 amide bonds. The van der Waals surface area contributed by atoms with Crippen LogP contribution in [0, 0.1) is 0 Å². The van der Waals surface area contributed by atoms with Gasteiger partial charge in [-0.1, -0.05) is 57.0 Å². The third-order valence-electron chi connectivity index (χ3n) is 3.41. The first-order chi connectivity index (χ1) is 8.83. The minimum absolute atomic E-state index is 0.166. The summed E-state index contributed by atoms with van der Waals surface area (Å²) >= 11 is 0. The average Bonchev–Trinajstić information content (AvgIpc) is 2.37. The van der Waals surface area contributed by atoms with Crippen LogP contribution in [0.3, 0.4) is 0 Å². The zero-order chi connectivity index (χ0) is 13.1. The fraction of sp³-hybridized carbons (Fsp3) is 0.867. The first-order valence-electron chi connectivity index (χ1n) is 7.58. The van der Waals surface area contributed by atoms with Gasteiger partial charge in [-0.3, -0.25) is 0 Å². The fourth-order valence-electron chi connectivity index (χ4n) is 2.33. The Morgan fingerprint density at radius 1 is 0.944 bits per heavy atom. The molecular formula is C15H27NO2. The Bertz CT molecular complexity index is 261. The molecule has 0 radical (unpaired) electrons. The van der Waals surface area contributed by atoms with Gasteiger partial charge in [0.1, 0.15) is 0 Å². The highest BCUT2D eigenvalue weighted by molar-refractivity contribution is 5.84. The highest BCUT2D eigenvalue weighted by Gasteiger charge is 2.06. The quantitative estimate of drug-likeness (QED) is 0.674. The van der Waals surface area contributed by atoms with E-state index in [0.29, 0.717) is 6.42 Å². The SMILES string of the molecule is CCCC1=NOC(=O)CCCCCCCCCC1. The molecule has 1 aliphatic heterocycles. The second kappa shape index (κ2) is 10.1. The van der Waals surface area contributed by atoms with Gasteiger partial charge in [0.15, 0.2) is 0 Å². The van der Waals surface area contributed by atoms with Crippen LogP contribution in [-0.4, -0.2) is 11.7 Å². The number of carbonyl (C=O) groups excluding carboxylic acids is 1. The minimum atomic E-state index is -0.166. The monoisotopic (exact) mass is 253 g/mol. The lowest BCUT2D eigenvalue weighted by Crippen LogP contribution is -2.05. The molecule has 3 nitrogen and oxygen atoms in total. The maximum Gasteiger partial charge on any atom is 0.335 e. The minimum Gasteiger partial charge on any atom is -0.318 e. The summed E-state index contributed by atoms with van der Waals surface area (Å²) in [5.41, 5.74) is 1.06. The second-order valence-electron chi connectivity index (χ2n) is 5.20. The zero-order valence-corrected chi connectivity index (χ0v) is 11.7. The lowest BCUT2D eigenvalue weighted by atomic mass is 10.0. The molecule has 0 unspecified atom stereocenters. The number of oxime groups is 1. The molecule has 0 saturated carbocycles. The van der Waals surface area contributed by atoms with E-state index in [4.69, 9.17) is 4.84 Å². The average molecular weight is 253 g/mol. The van der Waals surface area contributed by atoms with Gasteiger partial charge in [0, 0.05) is 6.42 Å². The van der Waals surface area contributed by atoms with E-state index in [-0.39, 0.29) is 5.97 Å². The predicted molar refractivity (Wildman–Crippen MR) is 74.6 cm³/mol. The van der Waals surface area contributed by atoms with Crippen molar-refractivity contribution >= 4 is 11.7 Å². The van der Waals surface area contributed by atoms with Crippen molar-refractivity contribution in [2.75, 3.05) is 0 Å². The van der Waals surface area contributed by atoms with Crippen LogP contribution in [0.25, 0.3) is 0 Å². The lowest BCUT2D eigenvalue weighted by molar-refractivity contribution is -0.143. The molecule has 0 fully saturated rings. The van der Waals surface area contributed by atoms with Crippen LogP contribution in [0.5, 0.6) is 0 Å². The molecule has 0 saturated heterocycles. The number of rotatable bonds is 2. The second-order valence-corrected chi connectivity index (χ2v) is 5.20. The van der Waals surface area contributed by atoms with E-state index in [1.807, 2.05) is 0 Å². The van der Waals surface area contributed by atoms with Crippen molar-refractivity contribution in [1.82, 2.24) is 0 Å². The topological polar surface area (TPSA) is 38.7 Å². The van der Waals surface area contributed by atoms with Crippen LogP contribution in [-0.2, 0) is 9.63 Å². The standard InChI is InChI=1S/C15H27NO2/c1-2-11-14-12-9-7-5-3-4-6-8-10-13-15(17)18-16-14/h2-13H2,1H3. The molecule has 3 heteroatoms. The van der Waals surface area contributed by atoms with Crippen molar-refractivity contribution in [3.05, 3.63) is 0 Å². The molecule has 1 heterocycles. The smallest absolute Gasteiger partial charge is 0.318 e. The summed E-state index contributed by atoms with van der Waals surface area (Å²) < 4.78 is 0. The third kappa shape index (κ3) is 7.46. The Morgan fingerprint density at radius 3 is 2.11 bits per heavy atom. The maximum absolute atomic E-state index is 11.5. The summed E-state index contributed by atoms with van der Waals surface area (Å²) in [5, 5.41) is 4.05. The molecule has 18 heavy (non-hydrogen) atoms. The molecule has 0 N–H and O–H groups in total. The van der Waals surface area contributed by atoms with Gasteiger partial charge in [-0.25, -0.2) is 4.79 Å². The molecule has 0 aromatic heterocycles. The molecule has 1 aliphatic rings. The Labute approximate surface area is 111 Å². The van der Waals surface area contributed by atoms with E-state index in [1.54, 1.807) is 0 Å². The van der Waals surface area contributed by atoms with Gasteiger partial charge in [0.25, 0.3) is 0 Å². The molecule has 104 valence electrons. The van der Waals surface area contributed by atoms with Crippen molar-refractivity contribution in [2.45, 2.75) is 84.0 Å². The molecular weight excluding hydrogens is 226 g/mol. The van der Waals surface area contributed by atoms with E-state index >= 15 is 0 Å². The zero-order valence-electron chi connectivity index (χ0n) is 11.7. The largest absolute Gasteiger partial charge is 0.335 e.